The first-order valence-electron chi connectivity index (χ1n) is 39.2. The Morgan fingerprint density at radius 2 is 0.699 bits per heavy atom. The zero-order valence-electron chi connectivity index (χ0n) is 63.0. The highest BCUT2D eigenvalue weighted by Gasteiger charge is 2.41. The van der Waals surface area contributed by atoms with Crippen molar-refractivity contribution in [1.82, 2.24) is 4.57 Å². The van der Waals surface area contributed by atoms with Gasteiger partial charge in [0, 0.05) is 103 Å². The van der Waals surface area contributed by atoms with Gasteiger partial charge >= 0.3 is 0 Å². The van der Waals surface area contributed by atoms with E-state index in [0.29, 0.717) is 0 Å². The third-order valence-electron chi connectivity index (χ3n) is 24.4. The molecule has 0 N–H and O–H groups in total. The van der Waals surface area contributed by atoms with Crippen molar-refractivity contribution >= 4 is 109 Å². The standard InChI is InChI=1S/C108H75N3OS/c1-107(2)94-61-60-88-87-30-16-19-34-101(87)113-106(88)104(94)90-59-57-85(66-96(90)107)110(82-51-39-73(40-52-82)70-25-12-7-13-26-70)83-55-41-74(42-56-83)76-46-62-99-93(64-76)86-29-14-17-32-98(86)111(99)84-28-20-27-78(63-84)92-67-97-103(105-102(92)91-31-15-18-33-100(91)112-105)89-58-45-77(65-95(89)108(97,3)4)75-43-53-81(54-44-75)109(79-47-35-71(36-48-79)68-21-8-5-9-22-68)80-49-37-72(38-50-80)69-23-10-6-11-24-69/h5-67H,1-4H3. The predicted molar refractivity (Wildman–Crippen MR) is 478 cm³/mol. The van der Waals surface area contributed by atoms with E-state index in [4.69, 9.17) is 4.42 Å². The monoisotopic (exact) mass is 1460 g/mol. The first-order valence-corrected chi connectivity index (χ1v) is 40.0. The van der Waals surface area contributed by atoms with Crippen LogP contribution >= 0.6 is 11.3 Å². The maximum absolute atomic E-state index is 7.17. The number of anilines is 6. The van der Waals surface area contributed by atoms with Crippen LogP contribution in [0.4, 0.5) is 34.1 Å². The van der Waals surface area contributed by atoms with Crippen molar-refractivity contribution < 1.29 is 4.42 Å². The molecule has 22 rings (SSSR count). The van der Waals surface area contributed by atoms with Crippen molar-refractivity contribution in [2.45, 2.75) is 38.5 Å². The molecule has 3 aromatic heterocycles. The number of thiophene rings is 1. The van der Waals surface area contributed by atoms with Crippen molar-refractivity contribution in [2.24, 2.45) is 0 Å². The summed E-state index contributed by atoms with van der Waals surface area (Å²) in [6.07, 6.45) is 0. The maximum Gasteiger partial charge on any atom is 0.144 e. The fourth-order valence-electron chi connectivity index (χ4n) is 18.7. The molecule has 113 heavy (non-hydrogen) atoms. The average Bonchev–Trinajstić information content (AvgIpc) is 1.54. The lowest BCUT2D eigenvalue weighted by atomic mass is 9.80. The van der Waals surface area contributed by atoms with Crippen LogP contribution in [0.1, 0.15) is 49.9 Å². The Morgan fingerprint density at radius 1 is 0.265 bits per heavy atom. The van der Waals surface area contributed by atoms with E-state index in [0.717, 1.165) is 101 Å². The second-order valence-corrected chi connectivity index (χ2v) is 32.5. The van der Waals surface area contributed by atoms with E-state index < -0.39 is 0 Å². The molecule has 0 radical (unpaired) electrons. The van der Waals surface area contributed by atoms with Gasteiger partial charge in [-0.1, -0.05) is 282 Å². The minimum atomic E-state index is -0.365. The van der Waals surface area contributed by atoms with Gasteiger partial charge in [0.1, 0.15) is 11.2 Å². The molecule has 0 amide bonds. The molecule has 0 bridgehead atoms. The van der Waals surface area contributed by atoms with E-state index >= 15 is 0 Å². The lowest BCUT2D eigenvalue weighted by Gasteiger charge is -2.28. The SMILES string of the molecule is CC1(C)c2cc(-c3ccc(N(c4ccc(-c5ccccc5)cc4)c4ccc(-c5ccccc5)cc4)cc3)ccc2-c2c1cc(-c1cccc(-n3c4ccccc4c4cc(-c5ccc(N(c6ccc(-c7ccccc7)cc6)c6ccc7c(c6)C(C)(C)c6ccc8c(sc9ccccc98)c6-7)cc5)ccc43)c1)c1c2oc2ccccc21. The Morgan fingerprint density at radius 3 is 1.30 bits per heavy atom. The van der Waals surface area contributed by atoms with Crippen LogP contribution in [0.15, 0.2) is 387 Å². The first-order chi connectivity index (χ1) is 55.5. The quantitative estimate of drug-likeness (QED) is 0.115. The van der Waals surface area contributed by atoms with E-state index in [1.54, 1.807) is 0 Å². The Balaban J connectivity index is 0.595. The summed E-state index contributed by atoms with van der Waals surface area (Å²) in [5.74, 6) is 0. The summed E-state index contributed by atoms with van der Waals surface area (Å²) in [6.45, 7) is 9.58. The van der Waals surface area contributed by atoms with Crippen molar-refractivity contribution in [1.29, 1.82) is 0 Å². The molecule has 0 fully saturated rings. The van der Waals surface area contributed by atoms with Crippen LogP contribution in [0.5, 0.6) is 0 Å². The van der Waals surface area contributed by atoms with Crippen molar-refractivity contribution in [3.63, 3.8) is 0 Å². The molecule has 0 saturated carbocycles. The van der Waals surface area contributed by atoms with E-state index in [1.165, 1.54) is 114 Å². The van der Waals surface area contributed by atoms with E-state index in [-0.39, 0.29) is 10.8 Å². The minimum Gasteiger partial charge on any atom is -0.455 e. The van der Waals surface area contributed by atoms with Gasteiger partial charge in [-0.05, 0) is 228 Å². The van der Waals surface area contributed by atoms with Crippen LogP contribution < -0.4 is 9.80 Å². The number of aromatic nitrogens is 1. The highest BCUT2D eigenvalue weighted by atomic mass is 32.1. The molecule has 2 aliphatic rings. The van der Waals surface area contributed by atoms with Crippen LogP contribution in [0.2, 0.25) is 0 Å². The van der Waals surface area contributed by atoms with Gasteiger partial charge in [0.05, 0.1) is 11.0 Å². The molecule has 4 nitrogen and oxygen atoms in total. The Labute approximate surface area is 661 Å². The van der Waals surface area contributed by atoms with E-state index in [1.807, 2.05) is 11.3 Å². The summed E-state index contributed by atoms with van der Waals surface area (Å²) in [4.78, 5) is 4.80. The van der Waals surface area contributed by atoms with Gasteiger partial charge in [0.2, 0.25) is 0 Å². The Bertz CT molecular complexity index is 7090. The normalized spacial score (nSPS) is 13.1. The second-order valence-electron chi connectivity index (χ2n) is 31.5. The van der Waals surface area contributed by atoms with Crippen LogP contribution in [0.25, 0.3) is 159 Å². The first kappa shape index (κ1) is 66.2. The number of rotatable bonds is 13. The number of fused-ring (bicyclic) bond motifs is 17. The summed E-state index contributed by atoms with van der Waals surface area (Å²) in [7, 11) is 0. The van der Waals surface area contributed by atoms with Crippen molar-refractivity contribution in [3.05, 3.63) is 404 Å². The van der Waals surface area contributed by atoms with Crippen LogP contribution in [0, 0.1) is 0 Å². The number of hydrogen-bond acceptors (Lipinski definition) is 4. The molecule has 0 unspecified atom stereocenters. The van der Waals surface area contributed by atoms with Gasteiger partial charge in [-0.25, -0.2) is 0 Å². The zero-order chi connectivity index (χ0) is 75.2. The highest BCUT2D eigenvalue weighted by Crippen LogP contribution is 2.58. The topological polar surface area (TPSA) is 24.6 Å². The molecule has 0 aliphatic heterocycles. The largest absolute Gasteiger partial charge is 0.455 e. The van der Waals surface area contributed by atoms with Crippen LogP contribution in [-0.4, -0.2) is 4.57 Å². The molecule has 17 aromatic carbocycles. The molecule has 534 valence electrons. The third kappa shape index (κ3) is 10.7. The molecule has 2 aliphatic carbocycles. The summed E-state index contributed by atoms with van der Waals surface area (Å²) in [5.41, 5.74) is 35.7. The summed E-state index contributed by atoms with van der Waals surface area (Å²) < 4.78 is 12.3. The Kier molecular flexibility index (Phi) is 15.2. The second kappa shape index (κ2) is 25.9. The number of nitrogens with zero attached hydrogens (tertiary/aromatic N) is 3. The maximum atomic E-state index is 7.17. The van der Waals surface area contributed by atoms with Gasteiger partial charge < -0.3 is 18.8 Å². The van der Waals surface area contributed by atoms with Crippen LogP contribution in [0.3, 0.4) is 0 Å². The molecule has 3 heterocycles. The fraction of sp³-hybridized carbons (Fsp3) is 0.0556. The van der Waals surface area contributed by atoms with Crippen molar-refractivity contribution in [2.75, 3.05) is 9.80 Å². The minimum absolute atomic E-state index is 0.203. The fourth-order valence-corrected chi connectivity index (χ4v) is 19.9. The molecule has 0 spiro atoms. The molecule has 0 atom stereocenters. The number of para-hydroxylation sites is 2. The van der Waals surface area contributed by atoms with Crippen LogP contribution in [-0.2, 0) is 10.8 Å². The van der Waals surface area contributed by atoms with Gasteiger partial charge in [-0.3, -0.25) is 0 Å². The molecule has 20 aromatic rings. The van der Waals surface area contributed by atoms with Gasteiger partial charge in [0.15, 0.2) is 0 Å². The summed E-state index contributed by atoms with van der Waals surface area (Å²) in [6, 6.07) is 141. The summed E-state index contributed by atoms with van der Waals surface area (Å²) in [5, 5.41) is 7.32. The molecular weight excluding hydrogens is 1390 g/mol. The number of furan rings is 1. The molecular formula is C108H75N3OS. The van der Waals surface area contributed by atoms with Gasteiger partial charge in [0.25, 0.3) is 0 Å². The highest BCUT2D eigenvalue weighted by molar-refractivity contribution is 7.26. The molecule has 0 saturated heterocycles. The van der Waals surface area contributed by atoms with Crippen molar-refractivity contribution in [3.8, 4) is 94.7 Å². The average molecular weight is 1460 g/mol. The number of benzene rings is 17. The van der Waals surface area contributed by atoms with E-state index in [9.17, 15) is 0 Å². The lowest BCUT2D eigenvalue weighted by Crippen LogP contribution is -2.16. The smallest absolute Gasteiger partial charge is 0.144 e. The zero-order valence-corrected chi connectivity index (χ0v) is 63.8. The van der Waals surface area contributed by atoms with Gasteiger partial charge in [-0.2, -0.15) is 0 Å². The lowest BCUT2D eigenvalue weighted by molar-refractivity contribution is 0.653. The molecule has 5 heteroatoms. The summed E-state index contributed by atoms with van der Waals surface area (Å²) >= 11 is 1.92. The predicted octanol–water partition coefficient (Wildman–Crippen LogP) is 30.6. The third-order valence-corrected chi connectivity index (χ3v) is 25.6. The van der Waals surface area contributed by atoms with Gasteiger partial charge in [-0.15, -0.1) is 11.3 Å². The van der Waals surface area contributed by atoms with E-state index in [2.05, 4.69) is 424 Å². The Hall–Kier alpha value is -13.8. The number of hydrogen-bond donors (Lipinski definition) is 0.